The third-order valence-electron chi connectivity index (χ3n) is 3.33. The second-order valence-corrected chi connectivity index (χ2v) is 4.92. The zero-order valence-electron chi connectivity index (χ0n) is 10.1. The first-order valence-corrected chi connectivity index (χ1v) is 5.71. The fraction of sp³-hybridized carbons (Fsp3) is 0.538. The lowest BCUT2D eigenvalue weighted by Crippen LogP contribution is -2.41. The van der Waals surface area contributed by atoms with Gasteiger partial charge in [0.25, 0.3) is 0 Å². The normalized spacial score (nSPS) is 17.4. The number of aryl methyl sites for hydroxylation is 2. The predicted molar refractivity (Wildman–Crippen MR) is 64.3 cm³/mol. The van der Waals surface area contributed by atoms with Gasteiger partial charge in [-0.15, -0.1) is 0 Å². The van der Waals surface area contributed by atoms with Gasteiger partial charge in [-0.2, -0.15) is 5.26 Å². The molecule has 0 aliphatic heterocycles. The molecule has 1 N–H and O–H groups in total. The van der Waals surface area contributed by atoms with Crippen LogP contribution in [0.15, 0.2) is 6.07 Å². The number of aromatic nitrogens is 1. The lowest BCUT2D eigenvalue weighted by Gasteiger charge is -2.40. The number of nitrogens with zero attached hydrogens (tertiary/aromatic N) is 2. The van der Waals surface area contributed by atoms with Gasteiger partial charge >= 0.3 is 0 Å². The number of nitriles is 1. The number of rotatable bonds is 2. The maximum Gasteiger partial charge on any atom is 0.103 e. The molecule has 2 rings (SSSR count). The number of anilines is 1. The molecule has 1 aromatic rings. The molecule has 1 aromatic heterocycles. The van der Waals surface area contributed by atoms with Crippen molar-refractivity contribution < 1.29 is 0 Å². The highest BCUT2D eigenvalue weighted by molar-refractivity contribution is 5.61. The summed E-state index contributed by atoms with van der Waals surface area (Å²) in [5.41, 5.74) is 3.56. The summed E-state index contributed by atoms with van der Waals surface area (Å²) >= 11 is 0. The van der Waals surface area contributed by atoms with Crippen LogP contribution in [0.25, 0.3) is 0 Å². The Labute approximate surface area is 96.5 Å². The van der Waals surface area contributed by atoms with Crippen molar-refractivity contribution in [2.75, 3.05) is 5.32 Å². The van der Waals surface area contributed by atoms with E-state index in [0.717, 1.165) is 17.1 Å². The summed E-state index contributed by atoms with van der Waals surface area (Å²) < 4.78 is 0. The monoisotopic (exact) mass is 215 g/mol. The first-order chi connectivity index (χ1) is 7.54. The van der Waals surface area contributed by atoms with E-state index in [4.69, 9.17) is 5.26 Å². The Morgan fingerprint density at radius 3 is 2.62 bits per heavy atom. The summed E-state index contributed by atoms with van der Waals surface area (Å²) in [6, 6.07) is 4.20. The van der Waals surface area contributed by atoms with Gasteiger partial charge in [-0.1, -0.05) is 0 Å². The molecule has 16 heavy (non-hydrogen) atoms. The average Bonchev–Trinajstić information content (AvgIpc) is 2.14. The first-order valence-electron chi connectivity index (χ1n) is 5.71. The Hall–Kier alpha value is -1.56. The van der Waals surface area contributed by atoms with Crippen LogP contribution >= 0.6 is 0 Å². The minimum atomic E-state index is 0.172. The first kappa shape index (κ1) is 10.9. The van der Waals surface area contributed by atoms with E-state index in [-0.39, 0.29) is 5.54 Å². The Morgan fingerprint density at radius 1 is 1.44 bits per heavy atom. The Balaban J connectivity index is 2.36. The smallest absolute Gasteiger partial charge is 0.103 e. The van der Waals surface area contributed by atoms with Crippen LogP contribution in [0.1, 0.15) is 43.1 Å². The average molecular weight is 215 g/mol. The molecule has 3 nitrogen and oxygen atoms in total. The van der Waals surface area contributed by atoms with Gasteiger partial charge in [-0.05, 0) is 46.1 Å². The van der Waals surface area contributed by atoms with E-state index in [9.17, 15) is 0 Å². The molecule has 0 atom stereocenters. The van der Waals surface area contributed by atoms with Crippen LogP contribution in [0.2, 0.25) is 0 Å². The summed E-state index contributed by atoms with van der Waals surface area (Å²) in [5.74, 6) is 0. The van der Waals surface area contributed by atoms with Crippen LogP contribution in [0, 0.1) is 25.2 Å². The van der Waals surface area contributed by atoms with Crippen molar-refractivity contribution in [1.82, 2.24) is 4.98 Å². The van der Waals surface area contributed by atoms with E-state index in [0.29, 0.717) is 5.56 Å². The van der Waals surface area contributed by atoms with Gasteiger partial charge in [0.15, 0.2) is 0 Å². The highest BCUT2D eigenvalue weighted by Crippen LogP contribution is 2.35. The molecule has 0 aromatic carbocycles. The molecule has 1 saturated carbocycles. The quantitative estimate of drug-likeness (QED) is 0.825. The van der Waals surface area contributed by atoms with Crippen molar-refractivity contribution >= 4 is 5.69 Å². The third kappa shape index (κ3) is 1.88. The zero-order chi connectivity index (χ0) is 11.8. The molecule has 0 amide bonds. The van der Waals surface area contributed by atoms with Crippen molar-refractivity contribution in [1.29, 1.82) is 5.26 Å². The van der Waals surface area contributed by atoms with Gasteiger partial charge in [-0.25, -0.2) is 0 Å². The highest BCUT2D eigenvalue weighted by Gasteiger charge is 2.32. The SMILES string of the molecule is Cc1cc(NC2(C)CCC2)c(C#N)c(C)n1. The van der Waals surface area contributed by atoms with Crippen LogP contribution in [0.5, 0.6) is 0 Å². The largest absolute Gasteiger partial charge is 0.379 e. The summed E-state index contributed by atoms with van der Waals surface area (Å²) in [6.07, 6.45) is 3.63. The maximum atomic E-state index is 9.15. The molecular formula is C13H17N3. The number of hydrogen-bond donors (Lipinski definition) is 1. The second-order valence-electron chi connectivity index (χ2n) is 4.92. The predicted octanol–water partition coefficient (Wildman–Crippen LogP) is 2.92. The molecule has 1 fully saturated rings. The lowest BCUT2D eigenvalue weighted by molar-refractivity contribution is 0.306. The van der Waals surface area contributed by atoms with Crippen molar-refractivity contribution in [3.63, 3.8) is 0 Å². The van der Waals surface area contributed by atoms with E-state index in [1.807, 2.05) is 19.9 Å². The van der Waals surface area contributed by atoms with Crippen LogP contribution in [-0.2, 0) is 0 Å². The van der Waals surface area contributed by atoms with Gasteiger partial charge < -0.3 is 5.32 Å². The van der Waals surface area contributed by atoms with E-state index in [1.165, 1.54) is 19.3 Å². The molecule has 0 bridgehead atoms. The van der Waals surface area contributed by atoms with Crippen molar-refractivity contribution in [3.8, 4) is 6.07 Å². The summed E-state index contributed by atoms with van der Waals surface area (Å²) in [4.78, 5) is 4.32. The lowest BCUT2D eigenvalue weighted by atomic mass is 9.78. The fourth-order valence-corrected chi connectivity index (χ4v) is 2.23. The molecule has 84 valence electrons. The Morgan fingerprint density at radius 2 is 2.12 bits per heavy atom. The third-order valence-corrected chi connectivity index (χ3v) is 3.33. The van der Waals surface area contributed by atoms with Gasteiger partial charge in [0.2, 0.25) is 0 Å². The van der Waals surface area contributed by atoms with Gasteiger partial charge in [0.05, 0.1) is 16.9 Å². The summed E-state index contributed by atoms with van der Waals surface area (Å²) in [6.45, 7) is 6.06. The molecule has 1 heterocycles. The second kappa shape index (κ2) is 3.79. The molecule has 0 saturated heterocycles. The van der Waals surface area contributed by atoms with Crippen LogP contribution in [0.4, 0.5) is 5.69 Å². The number of pyridine rings is 1. The van der Waals surface area contributed by atoms with Crippen LogP contribution in [-0.4, -0.2) is 10.5 Å². The molecule has 0 spiro atoms. The molecule has 3 heteroatoms. The van der Waals surface area contributed by atoms with E-state index >= 15 is 0 Å². The van der Waals surface area contributed by atoms with Crippen molar-refractivity contribution in [2.45, 2.75) is 45.6 Å². The minimum absolute atomic E-state index is 0.172. The summed E-state index contributed by atoms with van der Waals surface area (Å²) in [5, 5.41) is 12.6. The highest BCUT2D eigenvalue weighted by atomic mass is 15.0. The van der Waals surface area contributed by atoms with E-state index < -0.39 is 0 Å². The standard InChI is InChI=1S/C13H17N3/c1-9-7-12(11(8-14)10(2)15-9)16-13(3)5-4-6-13/h7H,4-6H2,1-3H3,(H,15,16). The molecule has 1 aliphatic rings. The maximum absolute atomic E-state index is 9.15. The molecule has 0 radical (unpaired) electrons. The fourth-order valence-electron chi connectivity index (χ4n) is 2.23. The zero-order valence-corrected chi connectivity index (χ0v) is 10.1. The van der Waals surface area contributed by atoms with Gasteiger partial charge in [-0.3, -0.25) is 4.98 Å². The number of nitrogens with one attached hydrogen (secondary N) is 1. The van der Waals surface area contributed by atoms with Gasteiger partial charge in [0, 0.05) is 11.2 Å². The molecule has 1 aliphatic carbocycles. The number of hydrogen-bond acceptors (Lipinski definition) is 3. The molecule has 0 unspecified atom stereocenters. The minimum Gasteiger partial charge on any atom is -0.379 e. The van der Waals surface area contributed by atoms with Crippen molar-refractivity contribution in [2.24, 2.45) is 0 Å². The Kier molecular flexibility index (Phi) is 2.59. The molecular weight excluding hydrogens is 198 g/mol. The van der Waals surface area contributed by atoms with Gasteiger partial charge in [0.1, 0.15) is 6.07 Å². The van der Waals surface area contributed by atoms with Crippen LogP contribution in [0.3, 0.4) is 0 Å². The van der Waals surface area contributed by atoms with Crippen molar-refractivity contribution in [3.05, 3.63) is 23.0 Å². The summed E-state index contributed by atoms with van der Waals surface area (Å²) in [7, 11) is 0. The van der Waals surface area contributed by atoms with Crippen LogP contribution < -0.4 is 5.32 Å². The topological polar surface area (TPSA) is 48.7 Å². The Bertz CT molecular complexity index is 453. The van der Waals surface area contributed by atoms with E-state index in [2.05, 4.69) is 23.3 Å². The van der Waals surface area contributed by atoms with E-state index in [1.54, 1.807) is 0 Å².